The third-order valence-corrected chi connectivity index (χ3v) is 2.53. The third kappa shape index (κ3) is 7.37. The summed E-state index contributed by atoms with van der Waals surface area (Å²) in [7, 11) is 0. The number of nitrogens with one attached hydrogen (secondary N) is 1. The standard InChI is InChI=1S/C12H25NO2/c1-3-7-11(8-4-2)12(15)13-9-5-6-10-14/h11,14H,3-10H2,1-2H3,(H,13,15). The Bertz CT molecular complexity index is 154. The Labute approximate surface area is 93.3 Å². The van der Waals surface area contributed by atoms with Crippen LogP contribution in [0.2, 0.25) is 0 Å². The monoisotopic (exact) mass is 215 g/mol. The lowest BCUT2D eigenvalue weighted by Gasteiger charge is -2.14. The molecule has 0 aliphatic carbocycles. The molecule has 15 heavy (non-hydrogen) atoms. The van der Waals surface area contributed by atoms with Gasteiger partial charge in [0.2, 0.25) is 5.91 Å². The van der Waals surface area contributed by atoms with Crippen molar-refractivity contribution < 1.29 is 9.90 Å². The zero-order valence-corrected chi connectivity index (χ0v) is 10.1. The lowest BCUT2D eigenvalue weighted by Crippen LogP contribution is -2.31. The molecule has 0 heterocycles. The van der Waals surface area contributed by atoms with Gasteiger partial charge in [-0.1, -0.05) is 26.7 Å². The molecular formula is C12H25NO2. The molecule has 0 fully saturated rings. The van der Waals surface area contributed by atoms with Gasteiger partial charge < -0.3 is 10.4 Å². The number of carbonyl (C=O) groups excluding carboxylic acids is 1. The molecule has 1 amide bonds. The van der Waals surface area contributed by atoms with Crippen LogP contribution in [-0.4, -0.2) is 24.2 Å². The summed E-state index contributed by atoms with van der Waals surface area (Å²) in [5, 5.41) is 11.5. The highest BCUT2D eigenvalue weighted by molar-refractivity contribution is 5.78. The molecule has 0 saturated carbocycles. The molecule has 3 heteroatoms. The van der Waals surface area contributed by atoms with Crippen molar-refractivity contribution in [1.29, 1.82) is 0 Å². The van der Waals surface area contributed by atoms with Crippen LogP contribution in [-0.2, 0) is 4.79 Å². The first-order valence-corrected chi connectivity index (χ1v) is 6.14. The Hall–Kier alpha value is -0.570. The fraction of sp³-hybridized carbons (Fsp3) is 0.917. The first-order chi connectivity index (χ1) is 7.26. The van der Waals surface area contributed by atoms with Gasteiger partial charge in [0.15, 0.2) is 0 Å². The van der Waals surface area contributed by atoms with Crippen molar-refractivity contribution in [2.45, 2.75) is 52.4 Å². The summed E-state index contributed by atoms with van der Waals surface area (Å²) in [6, 6.07) is 0. The molecule has 0 aliphatic heterocycles. The predicted molar refractivity (Wildman–Crippen MR) is 62.6 cm³/mol. The molecule has 0 aromatic rings. The molecule has 0 aromatic heterocycles. The molecule has 0 spiro atoms. The summed E-state index contributed by atoms with van der Waals surface area (Å²) >= 11 is 0. The second-order valence-electron chi connectivity index (χ2n) is 4.00. The van der Waals surface area contributed by atoms with E-state index in [9.17, 15) is 4.79 Å². The van der Waals surface area contributed by atoms with Crippen LogP contribution in [0.4, 0.5) is 0 Å². The van der Waals surface area contributed by atoms with Gasteiger partial charge in [-0.2, -0.15) is 0 Å². The predicted octanol–water partition coefficient (Wildman–Crippen LogP) is 2.09. The van der Waals surface area contributed by atoms with Gasteiger partial charge in [-0.15, -0.1) is 0 Å². The van der Waals surface area contributed by atoms with Crippen LogP contribution < -0.4 is 5.32 Å². The van der Waals surface area contributed by atoms with Crippen LogP contribution >= 0.6 is 0 Å². The van der Waals surface area contributed by atoms with Crippen molar-refractivity contribution >= 4 is 5.91 Å². The lowest BCUT2D eigenvalue weighted by atomic mass is 9.97. The second-order valence-corrected chi connectivity index (χ2v) is 4.00. The Morgan fingerprint density at radius 2 is 1.80 bits per heavy atom. The number of amides is 1. The number of aliphatic hydroxyl groups excluding tert-OH is 1. The van der Waals surface area contributed by atoms with E-state index in [2.05, 4.69) is 19.2 Å². The van der Waals surface area contributed by atoms with E-state index in [-0.39, 0.29) is 18.4 Å². The smallest absolute Gasteiger partial charge is 0.223 e. The zero-order chi connectivity index (χ0) is 11.5. The largest absolute Gasteiger partial charge is 0.396 e. The first kappa shape index (κ1) is 14.4. The molecule has 3 nitrogen and oxygen atoms in total. The van der Waals surface area contributed by atoms with Crippen molar-refractivity contribution in [3.05, 3.63) is 0 Å². The Kier molecular flexibility index (Phi) is 9.59. The molecule has 0 atom stereocenters. The molecule has 0 rings (SSSR count). The van der Waals surface area contributed by atoms with Crippen molar-refractivity contribution in [2.24, 2.45) is 5.92 Å². The average Bonchev–Trinajstić information content (AvgIpc) is 2.24. The van der Waals surface area contributed by atoms with E-state index in [1.54, 1.807) is 0 Å². The fourth-order valence-corrected chi connectivity index (χ4v) is 1.70. The van der Waals surface area contributed by atoms with Crippen molar-refractivity contribution in [3.8, 4) is 0 Å². The van der Waals surface area contributed by atoms with Crippen molar-refractivity contribution in [3.63, 3.8) is 0 Å². The summed E-state index contributed by atoms with van der Waals surface area (Å²) < 4.78 is 0. The maximum absolute atomic E-state index is 11.7. The molecule has 0 radical (unpaired) electrons. The van der Waals surface area contributed by atoms with E-state index >= 15 is 0 Å². The first-order valence-electron chi connectivity index (χ1n) is 6.14. The van der Waals surface area contributed by atoms with E-state index in [0.29, 0.717) is 6.54 Å². The van der Waals surface area contributed by atoms with Crippen LogP contribution in [0, 0.1) is 5.92 Å². The molecule has 0 unspecified atom stereocenters. The van der Waals surface area contributed by atoms with E-state index in [1.807, 2.05) is 0 Å². The Morgan fingerprint density at radius 1 is 1.20 bits per heavy atom. The van der Waals surface area contributed by atoms with Gasteiger partial charge in [-0.25, -0.2) is 0 Å². The summed E-state index contributed by atoms with van der Waals surface area (Å²) in [5.74, 6) is 0.380. The Balaban J connectivity index is 3.70. The highest BCUT2D eigenvalue weighted by atomic mass is 16.2. The van der Waals surface area contributed by atoms with Crippen molar-refractivity contribution in [1.82, 2.24) is 5.32 Å². The second kappa shape index (κ2) is 9.97. The highest BCUT2D eigenvalue weighted by Gasteiger charge is 2.15. The normalized spacial score (nSPS) is 10.7. The number of hydrogen-bond acceptors (Lipinski definition) is 2. The van der Waals surface area contributed by atoms with Gasteiger partial charge in [-0.3, -0.25) is 4.79 Å². The average molecular weight is 215 g/mol. The minimum Gasteiger partial charge on any atom is -0.396 e. The minimum absolute atomic E-state index is 0.189. The minimum atomic E-state index is 0.189. The Morgan fingerprint density at radius 3 is 2.27 bits per heavy atom. The molecule has 90 valence electrons. The van der Waals surface area contributed by atoms with Gasteiger partial charge in [0.25, 0.3) is 0 Å². The topological polar surface area (TPSA) is 49.3 Å². The van der Waals surface area contributed by atoms with Crippen LogP contribution in [0.15, 0.2) is 0 Å². The molecule has 2 N–H and O–H groups in total. The molecule has 0 bridgehead atoms. The van der Waals surface area contributed by atoms with Gasteiger partial charge in [0.05, 0.1) is 0 Å². The number of rotatable bonds is 9. The molecule has 0 saturated heterocycles. The molecule has 0 aromatic carbocycles. The molecular weight excluding hydrogens is 190 g/mol. The van der Waals surface area contributed by atoms with Crippen LogP contribution in [0.25, 0.3) is 0 Å². The summed E-state index contributed by atoms with van der Waals surface area (Å²) in [6.45, 7) is 5.13. The van der Waals surface area contributed by atoms with Crippen molar-refractivity contribution in [2.75, 3.05) is 13.2 Å². The fourth-order valence-electron chi connectivity index (χ4n) is 1.70. The van der Waals surface area contributed by atoms with Crippen LogP contribution in [0.5, 0.6) is 0 Å². The highest BCUT2D eigenvalue weighted by Crippen LogP contribution is 2.13. The summed E-state index contributed by atoms with van der Waals surface area (Å²) in [6.07, 6.45) is 5.74. The SMILES string of the molecule is CCCC(CCC)C(=O)NCCCCO. The summed E-state index contributed by atoms with van der Waals surface area (Å²) in [4.78, 5) is 11.7. The van der Waals surface area contributed by atoms with E-state index in [1.165, 1.54) is 0 Å². The maximum atomic E-state index is 11.7. The van der Waals surface area contributed by atoms with Crippen LogP contribution in [0.3, 0.4) is 0 Å². The molecule has 0 aliphatic rings. The lowest BCUT2D eigenvalue weighted by molar-refractivity contribution is -0.125. The van der Waals surface area contributed by atoms with E-state index in [0.717, 1.165) is 38.5 Å². The van der Waals surface area contributed by atoms with Gasteiger partial charge in [-0.05, 0) is 25.7 Å². The van der Waals surface area contributed by atoms with E-state index in [4.69, 9.17) is 5.11 Å². The van der Waals surface area contributed by atoms with Gasteiger partial charge in [0, 0.05) is 19.1 Å². The number of carbonyl (C=O) groups is 1. The zero-order valence-electron chi connectivity index (χ0n) is 10.1. The maximum Gasteiger partial charge on any atom is 0.223 e. The van der Waals surface area contributed by atoms with Crippen LogP contribution in [0.1, 0.15) is 52.4 Å². The van der Waals surface area contributed by atoms with Gasteiger partial charge >= 0.3 is 0 Å². The third-order valence-electron chi connectivity index (χ3n) is 2.53. The van der Waals surface area contributed by atoms with Gasteiger partial charge in [0.1, 0.15) is 0 Å². The summed E-state index contributed by atoms with van der Waals surface area (Å²) in [5.41, 5.74) is 0. The number of hydrogen-bond donors (Lipinski definition) is 2. The number of unbranched alkanes of at least 4 members (excludes halogenated alkanes) is 1. The van der Waals surface area contributed by atoms with E-state index < -0.39 is 0 Å². The number of aliphatic hydroxyl groups is 1. The quantitative estimate of drug-likeness (QED) is 0.579.